The van der Waals surface area contributed by atoms with Crippen molar-refractivity contribution >= 4 is 11.9 Å². The van der Waals surface area contributed by atoms with E-state index in [-0.39, 0.29) is 18.2 Å². The van der Waals surface area contributed by atoms with Crippen molar-refractivity contribution in [1.29, 1.82) is 0 Å². The topological polar surface area (TPSA) is 66.8 Å². The molecule has 106 valence electrons. The number of nitrogens with zero attached hydrogens (tertiary/aromatic N) is 1. The van der Waals surface area contributed by atoms with Crippen LogP contribution in [0, 0.1) is 11.3 Å². The quantitative estimate of drug-likeness (QED) is 0.673. The van der Waals surface area contributed by atoms with Gasteiger partial charge in [-0.15, -0.1) is 0 Å². The Hall–Kier alpha value is -1.10. The van der Waals surface area contributed by atoms with Crippen LogP contribution in [-0.4, -0.2) is 48.7 Å². The Balaban J connectivity index is 4.47. The molecule has 0 rings (SSSR count). The van der Waals surface area contributed by atoms with Crippen LogP contribution < -0.4 is 0 Å². The highest BCUT2D eigenvalue weighted by Gasteiger charge is 2.39. The van der Waals surface area contributed by atoms with Crippen molar-refractivity contribution in [2.24, 2.45) is 11.3 Å². The first-order valence-electron chi connectivity index (χ1n) is 6.30. The van der Waals surface area contributed by atoms with Gasteiger partial charge in [-0.3, -0.25) is 9.59 Å². The van der Waals surface area contributed by atoms with Crippen molar-refractivity contribution in [1.82, 2.24) is 4.90 Å². The fraction of sp³-hybridized carbons (Fsp3) is 0.846. The molecule has 1 atom stereocenters. The molecule has 0 aromatic carbocycles. The van der Waals surface area contributed by atoms with Crippen LogP contribution in [0.5, 0.6) is 0 Å². The summed E-state index contributed by atoms with van der Waals surface area (Å²) in [7, 11) is 1.67. The van der Waals surface area contributed by atoms with Gasteiger partial charge in [-0.1, -0.05) is 13.8 Å². The van der Waals surface area contributed by atoms with E-state index >= 15 is 0 Å². The molecule has 0 fully saturated rings. The third-order valence-corrected chi connectivity index (χ3v) is 3.48. The molecule has 5 nitrogen and oxygen atoms in total. The summed E-state index contributed by atoms with van der Waals surface area (Å²) in [6, 6.07) is 0. The minimum atomic E-state index is -1.02. The van der Waals surface area contributed by atoms with Crippen LogP contribution >= 0.6 is 0 Å². The number of hydrogen-bond donors (Lipinski definition) is 1. The third-order valence-electron chi connectivity index (χ3n) is 3.48. The summed E-state index contributed by atoms with van der Waals surface area (Å²) in [5.74, 6) is -1.18. The second kappa shape index (κ2) is 7.36. The standard InChI is InChI=1S/C13H25NO4/c1-6-18-8-7-14(5)11(15)9-13(4,10(2)3)12(16)17/h10H,6-9H2,1-5H3,(H,16,17). The van der Waals surface area contributed by atoms with Gasteiger partial charge in [-0.25, -0.2) is 0 Å². The Morgan fingerprint density at radius 2 is 1.94 bits per heavy atom. The minimum Gasteiger partial charge on any atom is -0.481 e. The average molecular weight is 259 g/mol. The highest BCUT2D eigenvalue weighted by atomic mass is 16.5. The maximum Gasteiger partial charge on any atom is 0.310 e. The molecule has 0 spiro atoms. The lowest BCUT2D eigenvalue weighted by molar-refractivity contribution is -0.155. The largest absolute Gasteiger partial charge is 0.481 e. The summed E-state index contributed by atoms with van der Waals surface area (Å²) in [4.78, 5) is 24.8. The van der Waals surface area contributed by atoms with E-state index in [1.54, 1.807) is 14.0 Å². The molecule has 1 unspecified atom stereocenters. The van der Waals surface area contributed by atoms with Crippen molar-refractivity contribution in [3.05, 3.63) is 0 Å². The molecule has 0 bridgehead atoms. The predicted octanol–water partition coefficient (Wildman–Crippen LogP) is 1.62. The first-order chi connectivity index (χ1) is 8.25. The van der Waals surface area contributed by atoms with Gasteiger partial charge in [-0.2, -0.15) is 0 Å². The zero-order valence-electron chi connectivity index (χ0n) is 12.0. The molecule has 0 saturated carbocycles. The van der Waals surface area contributed by atoms with Crippen molar-refractivity contribution in [2.75, 3.05) is 26.8 Å². The fourth-order valence-electron chi connectivity index (χ4n) is 1.45. The summed E-state index contributed by atoms with van der Waals surface area (Å²) < 4.78 is 5.17. The van der Waals surface area contributed by atoms with Crippen LogP contribution in [0.1, 0.15) is 34.1 Å². The molecule has 0 aromatic rings. The molecule has 0 radical (unpaired) electrons. The number of hydrogen-bond acceptors (Lipinski definition) is 3. The van der Waals surface area contributed by atoms with E-state index in [4.69, 9.17) is 4.74 Å². The Labute approximate surface area is 109 Å². The van der Waals surface area contributed by atoms with Gasteiger partial charge in [0.05, 0.1) is 12.0 Å². The van der Waals surface area contributed by atoms with E-state index in [0.717, 1.165) is 0 Å². The van der Waals surface area contributed by atoms with Crippen LogP contribution in [-0.2, 0) is 14.3 Å². The number of carbonyl (C=O) groups is 2. The molecular weight excluding hydrogens is 234 g/mol. The maximum absolute atomic E-state index is 12.0. The summed E-state index contributed by atoms with van der Waals surface area (Å²) in [6.07, 6.45) is 0.0165. The molecule has 1 N–H and O–H groups in total. The lowest BCUT2D eigenvalue weighted by Gasteiger charge is -2.30. The number of aliphatic carboxylic acids is 1. The zero-order chi connectivity index (χ0) is 14.3. The SMILES string of the molecule is CCOCCN(C)C(=O)CC(C)(C(=O)O)C(C)C. The summed E-state index contributed by atoms with van der Waals surface area (Å²) in [5.41, 5.74) is -1.02. The lowest BCUT2D eigenvalue weighted by Crippen LogP contribution is -2.40. The Morgan fingerprint density at radius 3 is 2.33 bits per heavy atom. The predicted molar refractivity (Wildman–Crippen MR) is 69.3 cm³/mol. The number of carboxylic acid groups (broad SMARTS) is 1. The van der Waals surface area contributed by atoms with E-state index in [1.165, 1.54) is 4.90 Å². The number of likely N-dealkylation sites (N-methyl/N-ethyl adjacent to an activating group) is 1. The van der Waals surface area contributed by atoms with Gasteiger partial charge < -0.3 is 14.7 Å². The van der Waals surface area contributed by atoms with Gasteiger partial charge in [-0.05, 0) is 19.8 Å². The molecule has 0 aliphatic rings. The fourth-order valence-corrected chi connectivity index (χ4v) is 1.45. The molecule has 0 heterocycles. The number of carbonyl (C=O) groups excluding carboxylic acids is 1. The van der Waals surface area contributed by atoms with Gasteiger partial charge in [0.15, 0.2) is 0 Å². The number of carboxylic acids is 1. The van der Waals surface area contributed by atoms with Gasteiger partial charge in [0.25, 0.3) is 0 Å². The summed E-state index contributed by atoms with van der Waals surface area (Å²) >= 11 is 0. The van der Waals surface area contributed by atoms with Crippen LogP contribution in [0.3, 0.4) is 0 Å². The van der Waals surface area contributed by atoms with E-state index in [1.807, 2.05) is 20.8 Å². The van der Waals surface area contributed by atoms with Crippen LogP contribution in [0.25, 0.3) is 0 Å². The monoisotopic (exact) mass is 259 g/mol. The summed E-state index contributed by atoms with van der Waals surface area (Å²) in [5, 5.41) is 9.25. The molecule has 0 aromatic heterocycles. The van der Waals surface area contributed by atoms with Gasteiger partial charge >= 0.3 is 5.97 Å². The first-order valence-corrected chi connectivity index (χ1v) is 6.30. The van der Waals surface area contributed by atoms with Crippen LogP contribution in [0.4, 0.5) is 0 Å². The highest BCUT2D eigenvalue weighted by Crippen LogP contribution is 2.31. The average Bonchev–Trinajstić information content (AvgIpc) is 2.28. The Kier molecular flexibility index (Phi) is 6.91. The van der Waals surface area contributed by atoms with E-state index in [9.17, 15) is 14.7 Å². The Morgan fingerprint density at radius 1 is 1.39 bits per heavy atom. The number of rotatable bonds is 8. The second-order valence-corrected chi connectivity index (χ2v) is 5.07. The molecule has 0 saturated heterocycles. The molecule has 0 aliphatic carbocycles. The minimum absolute atomic E-state index is 0.0165. The van der Waals surface area contributed by atoms with E-state index < -0.39 is 11.4 Å². The lowest BCUT2D eigenvalue weighted by atomic mass is 9.76. The molecule has 0 aliphatic heterocycles. The molecule has 18 heavy (non-hydrogen) atoms. The van der Waals surface area contributed by atoms with Gasteiger partial charge in [0.2, 0.25) is 5.91 Å². The van der Waals surface area contributed by atoms with Crippen molar-refractivity contribution in [2.45, 2.75) is 34.1 Å². The zero-order valence-corrected chi connectivity index (χ0v) is 12.0. The molecule has 1 amide bonds. The normalized spacial score (nSPS) is 14.3. The third kappa shape index (κ3) is 4.64. The molecular formula is C13H25NO4. The van der Waals surface area contributed by atoms with Gasteiger partial charge in [0.1, 0.15) is 0 Å². The first kappa shape index (κ1) is 16.9. The van der Waals surface area contributed by atoms with Crippen molar-refractivity contribution in [3.63, 3.8) is 0 Å². The maximum atomic E-state index is 12.0. The second-order valence-electron chi connectivity index (χ2n) is 5.07. The van der Waals surface area contributed by atoms with E-state index in [0.29, 0.717) is 19.8 Å². The van der Waals surface area contributed by atoms with Gasteiger partial charge in [0, 0.05) is 26.6 Å². The van der Waals surface area contributed by atoms with Crippen LogP contribution in [0.2, 0.25) is 0 Å². The number of amides is 1. The van der Waals surface area contributed by atoms with E-state index in [2.05, 4.69) is 0 Å². The van der Waals surface area contributed by atoms with Crippen molar-refractivity contribution in [3.8, 4) is 0 Å². The smallest absolute Gasteiger partial charge is 0.310 e. The summed E-state index contributed by atoms with van der Waals surface area (Å²) in [6.45, 7) is 8.73. The number of ether oxygens (including phenoxy) is 1. The Bertz CT molecular complexity index is 291. The highest BCUT2D eigenvalue weighted by molar-refractivity contribution is 5.84. The van der Waals surface area contributed by atoms with Crippen LogP contribution in [0.15, 0.2) is 0 Å². The molecule has 5 heteroatoms. The van der Waals surface area contributed by atoms with Crippen molar-refractivity contribution < 1.29 is 19.4 Å².